The molecule has 5 nitrogen and oxygen atoms in total. The molecular weight excluding hydrogens is 252 g/mol. The molecule has 20 heavy (non-hydrogen) atoms. The van der Waals surface area contributed by atoms with Crippen LogP contribution in [0.5, 0.6) is 0 Å². The minimum Gasteiger partial charge on any atom is -0.391 e. The minimum atomic E-state index is -0.442. The molecule has 0 radical (unpaired) electrons. The zero-order valence-electron chi connectivity index (χ0n) is 13.8. The first-order valence-electron chi connectivity index (χ1n) is 7.59. The predicted molar refractivity (Wildman–Crippen MR) is 81.6 cm³/mol. The van der Waals surface area contributed by atoms with E-state index in [2.05, 4.69) is 42.7 Å². The molecule has 5 heteroatoms. The lowest BCUT2D eigenvalue weighted by molar-refractivity contribution is -0.0141. The van der Waals surface area contributed by atoms with Crippen LogP contribution in [0.4, 0.5) is 0 Å². The van der Waals surface area contributed by atoms with Gasteiger partial charge in [-0.2, -0.15) is 5.10 Å². The van der Waals surface area contributed by atoms with Crippen molar-refractivity contribution in [2.75, 3.05) is 14.1 Å². The van der Waals surface area contributed by atoms with E-state index >= 15 is 0 Å². The molecule has 1 aromatic rings. The summed E-state index contributed by atoms with van der Waals surface area (Å²) in [5, 5.41) is 15.0. The van der Waals surface area contributed by atoms with Gasteiger partial charge >= 0.3 is 0 Å². The maximum atomic E-state index is 10.7. The Hall–Kier alpha value is -0.940. The summed E-state index contributed by atoms with van der Waals surface area (Å²) < 4.78 is 1.92. The topological polar surface area (TPSA) is 54.2 Å². The molecular formula is C15H30N4O. The summed E-state index contributed by atoms with van der Waals surface area (Å²) in [4.78, 5) is 6.46. The monoisotopic (exact) mass is 282 g/mol. The Kier molecular flexibility index (Phi) is 6.14. The fourth-order valence-corrected chi connectivity index (χ4v) is 2.96. The summed E-state index contributed by atoms with van der Waals surface area (Å²) in [5.74, 6) is 1.39. The number of aliphatic hydroxyl groups excluding tert-OH is 1. The average molecular weight is 282 g/mol. The summed E-state index contributed by atoms with van der Waals surface area (Å²) >= 11 is 0. The van der Waals surface area contributed by atoms with Gasteiger partial charge in [-0.25, -0.2) is 9.67 Å². The Morgan fingerprint density at radius 3 is 2.35 bits per heavy atom. The molecule has 0 aliphatic rings. The number of hydrogen-bond acceptors (Lipinski definition) is 4. The van der Waals surface area contributed by atoms with E-state index in [0.717, 1.165) is 25.2 Å². The highest BCUT2D eigenvalue weighted by atomic mass is 16.3. The average Bonchev–Trinajstić information content (AvgIpc) is 2.77. The van der Waals surface area contributed by atoms with Crippen LogP contribution in [0.15, 0.2) is 6.33 Å². The molecule has 116 valence electrons. The van der Waals surface area contributed by atoms with E-state index in [1.54, 1.807) is 6.33 Å². The van der Waals surface area contributed by atoms with Gasteiger partial charge in [0.15, 0.2) is 0 Å². The van der Waals surface area contributed by atoms with E-state index in [-0.39, 0.29) is 5.54 Å². The smallest absolute Gasteiger partial charge is 0.138 e. The first-order chi connectivity index (χ1) is 9.37. The number of rotatable bonds is 8. The molecule has 1 N–H and O–H groups in total. The maximum absolute atomic E-state index is 10.7. The maximum Gasteiger partial charge on any atom is 0.138 e. The molecule has 0 saturated carbocycles. The number of likely N-dealkylation sites (N-methyl/N-ethyl adjacent to an activating group) is 1. The Balaban J connectivity index is 2.89. The first-order valence-corrected chi connectivity index (χ1v) is 7.59. The second-order valence-corrected chi connectivity index (χ2v) is 6.18. The zero-order chi connectivity index (χ0) is 15.3. The van der Waals surface area contributed by atoms with Gasteiger partial charge in [-0.3, -0.25) is 0 Å². The molecule has 0 aliphatic heterocycles. The van der Waals surface area contributed by atoms with Gasteiger partial charge in [0, 0.05) is 18.5 Å². The van der Waals surface area contributed by atoms with Crippen molar-refractivity contribution < 1.29 is 5.11 Å². The van der Waals surface area contributed by atoms with Gasteiger partial charge in [-0.05, 0) is 32.9 Å². The molecule has 0 spiro atoms. The number of aliphatic hydroxyl groups is 1. The van der Waals surface area contributed by atoms with Crippen molar-refractivity contribution >= 4 is 0 Å². The van der Waals surface area contributed by atoms with Crippen LogP contribution in [0.1, 0.15) is 46.4 Å². The molecule has 0 aromatic carbocycles. The van der Waals surface area contributed by atoms with Crippen molar-refractivity contribution in [3.63, 3.8) is 0 Å². The predicted octanol–water partition coefficient (Wildman–Crippen LogP) is 1.96. The van der Waals surface area contributed by atoms with Crippen molar-refractivity contribution in [3.05, 3.63) is 12.2 Å². The summed E-state index contributed by atoms with van der Waals surface area (Å²) in [7, 11) is 4.07. The van der Waals surface area contributed by atoms with E-state index in [1.165, 1.54) is 0 Å². The molecule has 1 atom stereocenters. The van der Waals surface area contributed by atoms with E-state index in [1.807, 2.05) is 18.8 Å². The summed E-state index contributed by atoms with van der Waals surface area (Å²) in [5.41, 5.74) is -0.200. The summed E-state index contributed by atoms with van der Waals surface area (Å²) in [6.45, 7) is 9.42. The molecule has 1 rings (SSSR count). The lowest BCUT2D eigenvalue weighted by atomic mass is 9.83. The van der Waals surface area contributed by atoms with Gasteiger partial charge in [0.05, 0.1) is 6.10 Å². The highest BCUT2D eigenvalue weighted by Crippen LogP contribution is 2.27. The number of aromatic nitrogens is 3. The molecule has 0 amide bonds. The van der Waals surface area contributed by atoms with E-state index in [0.29, 0.717) is 12.3 Å². The summed E-state index contributed by atoms with van der Waals surface area (Å²) in [6, 6.07) is 0. The van der Waals surface area contributed by atoms with Crippen LogP contribution in [0.2, 0.25) is 0 Å². The highest BCUT2D eigenvalue weighted by Gasteiger charge is 2.37. The van der Waals surface area contributed by atoms with Gasteiger partial charge in [0.1, 0.15) is 12.2 Å². The zero-order valence-corrected chi connectivity index (χ0v) is 13.8. The van der Waals surface area contributed by atoms with Gasteiger partial charge in [-0.15, -0.1) is 0 Å². The van der Waals surface area contributed by atoms with Gasteiger partial charge in [0.2, 0.25) is 0 Å². The van der Waals surface area contributed by atoms with Gasteiger partial charge in [0.25, 0.3) is 0 Å². The molecule has 0 fully saturated rings. The van der Waals surface area contributed by atoms with E-state index in [4.69, 9.17) is 0 Å². The highest BCUT2D eigenvalue weighted by molar-refractivity contribution is 4.99. The van der Waals surface area contributed by atoms with Crippen LogP contribution in [0.3, 0.4) is 0 Å². The lowest BCUT2D eigenvalue weighted by Crippen LogP contribution is -2.53. The van der Waals surface area contributed by atoms with Crippen LogP contribution in [0, 0.1) is 5.92 Å². The van der Waals surface area contributed by atoms with E-state index in [9.17, 15) is 5.11 Å². The van der Waals surface area contributed by atoms with Crippen molar-refractivity contribution in [3.8, 4) is 0 Å². The van der Waals surface area contributed by atoms with Crippen LogP contribution >= 0.6 is 0 Å². The standard InChI is InChI=1S/C15H30N4O/c1-7-15(8-2,18(5)6)13(20)9-14-16-11-17-19(14)10-12(3)4/h11-13,20H,7-10H2,1-6H3. The number of hydrogen-bond donors (Lipinski definition) is 1. The largest absolute Gasteiger partial charge is 0.391 e. The molecule has 1 unspecified atom stereocenters. The Morgan fingerprint density at radius 1 is 1.30 bits per heavy atom. The third-order valence-corrected chi connectivity index (χ3v) is 4.35. The SMILES string of the molecule is CCC(CC)(C(O)Cc1ncnn1CC(C)C)N(C)C. The second-order valence-electron chi connectivity index (χ2n) is 6.18. The van der Waals surface area contributed by atoms with Crippen molar-refractivity contribution in [1.29, 1.82) is 0 Å². The van der Waals surface area contributed by atoms with Crippen LogP contribution in [0.25, 0.3) is 0 Å². The van der Waals surface area contributed by atoms with Crippen molar-refractivity contribution in [1.82, 2.24) is 19.7 Å². The molecule has 1 heterocycles. The number of nitrogens with zero attached hydrogens (tertiary/aromatic N) is 4. The normalized spacial score (nSPS) is 14.2. The van der Waals surface area contributed by atoms with E-state index < -0.39 is 6.10 Å². The lowest BCUT2D eigenvalue weighted by Gasteiger charge is -2.42. The molecule has 0 bridgehead atoms. The third kappa shape index (κ3) is 3.58. The minimum absolute atomic E-state index is 0.200. The van der Waals surface area contributed by atoms with Crippen LogP contribution < -0.4 is 0 Å². The van der Waals surface area contributed by atoms with Crippen LogP contribution in [-0.4, -0.2) is 50.5 Å². The molecule has 1 aromatic heterocycles. The van der Waals surface area contributed by atoms with Crippen molar-refractivity contribution in [2.24, 2.45) is 5.92 Å². The van der Waals surface area contributed by atoms with Crippen molar-refractivity contribution in [2.45, 2.75) is 65.1 Å². The molecule has 0 saturated heterocycles. The quantitative estimate of drug-likeness (QED) is 0.792. The fourth-order valence-electron chi connectivity index (χ4n) is 2.96. The fraction of sp³-hybridized carbons (Fsp3) is 0.867. The van der Waals surface area contributed by atoms with Crippen LogP contribution in [-0.2, 0) is 13.0 Å². The molecule has 0 aliphatic carbocycles. The third-order valence-electron chi connectivity index (χ3n) is 4.35. The summed E-state index contributed by atoms with van der Waals surface area (Å²) in [6.07, 6.45) is 3.51. The second kappa shape index (κ2) is 7.18. The Labute approximate surface area is 123 Å². The Morgan fingerprint density at radius 2 is 1.90 bits per heavy atom. The van der Waals surface area contributed by atoms with Gasteiger partial charge in [-0.1, -0.05) is 27.7 Å². The Bertz CT molecular complexity index is 396. The first kappa shape index (κ1) is 17.1. The van der Waals surface area contributed by atoms with Gasteiger partial charge < -0.3 is 10.0 Å².